The van der Waals surface area contributed by atoms with Crippen molar-refractivity contribution < 1.29 is 4.79 Å². The smallest absolute Gasteiger partial charge is 0.239 e. The molecule has 0 aliphatic carbocycles. The van der Waals surface area contributed by atoms with E-state index in [1.165, 1.54) is 45.2 Å². The van der Waals surface area contributed by atoms with Crippen LogP contribution in [0.5, 0.6) is 0 Å². The Morgan fingerprint density at radius 1 is 1.10 bits per heavy atom. The molecule has 0 aromatic carbocycles. The first-order valence-electron chi connectivity index (χ1n) is 9.00. The lowest BCUT2D eigenvalue weighted by Crippen LogP contribution is -2.50. The van der Waals surface area contributed by atoms with Crippen LogP contribution < -0.4 is 5.32 Å². The highest BCUT2D eigenvalue weighted by Gasteiger charge is 2.31. The lowest BCUT2D eigenvalue weighted by molar-refractivity contribution is -0.135. The van der Waals surface area contributed by atoms with E-state index in [2.05, 4.69) is 22.0 Å². The van der Waals surface area contributed by atoms with Gasteiger partial charge in [0.15, 0.2) is 0 Å². The summed E-state index contributed by atoms with van der Waals surface area (Å²) >= 11 is 0. The first kappa shape index (κ1) is 15.3. The minimum atomic E-state index is 0.109. The number of amides is 1. The zero-order chi connectivity index (χ0) is 14.7. The molecular weight excluding hydrogens is 262 g/mol. The van der Waals surface area contributed by atoms with Gasteiger partial charge in [0, 0.05) is 25.7 Å². The van der Waals surface area contributed by atoms with Crippen molar-refractivity contribution in [3.8, 4) is 0 Å². The van der Waals surface area contributed by atoms with Crippen LogP contribution in [0.2, 0.25) is 0 Å². The number of likely N-dealkylation sites (tertiary alicyclic amines) is 2. The third kappa shape index (κ3) is 3.78. The van der Waals surface area contributed by atoms with E-state index < -0.39 is 0 Å². The number of piperidine rings is 2. The van der Waals surface area contributed by atoms with Gasteiger partial charge >= 0.3 is 0 Å². The molecule has 0 radical (unpaired) electrons. The highest BCUT2D eigenvalue weighted by atomic mass is 16.2. The standard InChI is InChI=1S/C17H31N3O/c1-14-6-2-3-10-19(14)12-15-7-5-11-20(13-15)17(21)16-8-4-9-18-16/h14-16,18H,2-13H2,1H3/t14-,15+,16+/m1/s1. The summed E-state index contributed by atoms with van der Waals surface area (Å²) in [5.74, 6) is 1.05. The number of carbonyl (C=O) groups is 1. The quantitative estimate of drug-likeness (QED) is 0.862. The molecule has 0 aromatic heterocycles. The van der Waals surface area contributed by atoms with E-state index in [4.69, 9.17) is 0 Å². The second-order valence-electron chi connectivity index (χ2n) is 7.28. The molecule has 1 N–H and O–H groups in total. The van der Waals surface area contributed by atoms with Crippen LogP contribution in [-0.4, -0.2) is 60.5 Å². The van der Waals surface area contributed by atoms with Crippen molar-refractivity contribution in [2.75, 3.05) is 32.7 Å². The lowest BCUT2D eigenvalue weighted by atomic mass is 9.94. The fraction of sp³-hybridized carbons (Fsp3) is 0.941. The van der Waals surface area contributed by atoms with Crippen LogP contribution in [0.25, 0.3) is 0 Å². The van der Waals surface area contributed by atoms with Crippen molar-refractivity contribution in [2.45, 2.75) is 64.0 Å². The molecule has 1 amide bonds. The molecule has 0 bridgehead atoms. The molecule has 0 saturated carbocycles. The normalized spacial score (nSPS) is 35.1. The van der Waals surface area contributed by atoms with Gasteiger partial charge in [0.1, 0.15) is 0 Å². The average Bonchev–Trinajstić information content (AvgIpc) is 3.03. The molecule has 21 heavy (non-hydrogen) atoms. The molecule has 0 spiro atoms. The molecule has 3 rings (SSSR count). The van der Waals surface area contributed by atoms with Crippen LogP contribution in [-0.2, 0) is 4.79 Å². The Hall–Kier alpha value is -0.610. The number of nitrogens with one attached hydrogen (secondary N) is 1. The molecule has 4 heteroatoms. The molecule has 3 aliphatic heterocycles. The van der Waals surface area contributed by atoms with Crippen molar-refractivity contribution in [1.29, 1.82) is 0 Å². The largest absolute Gasteiger partial charge is 0.341 e. The van der Waals surface area contributed by atoms with Crippen molar-refractivity contribution in [1.82, 2.24) is 15.1 Å². The number of rotatable bonds is 3. The lowest BCUT2D eigenvalue weighted by Gasteiger charge is -2.40. The van der Waals surface area contributed by atoms with Gasteiger partial charge in [-0.25, -0.2) is 0 Å². The molecule has 4 nitrogen and oxygen atoms in total. The maximum Gasteiger partial charge on any atom is 0.239 e. The van der Waals surface area contributed by atoms with Gasteiger partial charge < -0.3 is 15.1 Å². The topological polar surface area (TPSA) is 35.6 Å². The van der Waals surface area contributed by atoms with Gasteiger partial charge in [-0.2, -0.15) is 0 Å². The third-order valence-corrected chi connectivity index (χ3v) is 5.62. The van der Waals surface area contributed by atoms with Gasteiger partial charge in [0.25, 0.3) is 0 Å². The van der Waals surface area contributed by atoms with Crippen molar-refractivity contribution in [3.63, 3.8) is 0 Å². The molecule has 3 heterocycles. The van der Waals surface area contributed by atoms with Gasteiger partial charge in [-0.3, -0.25) is 4.79 Å². The van der Waals surface area contributed by atoms with E-state index in [1.54, 1.807) is 0 Å². The second kappa shape index (κ2) is 7.10. The number of carbonyl (C=O) groups excluding carboxylic acids is 1. The molecule has 120 valence electrons. The number of nitrogens with zero attached hydrogens (tertiary/aromatic N) is 2. The van der Waals surface area contributed by atoms with Gasteiger partial charge in [-0.1, -0.05) is 6.42 Å². The zero-order valence-corrected chi connectivity index (χ0v) is 13.5. The van der Waals surface area contributed by atoms with Crippen LogP contribution in [0, 0.1) is 5.92 Å². The highest BCUT2D eigenvalue weighted by Crippen LogP contribution is 2.23. The fourth-order valence-electron chi connectivity index (χ4n) is 4.29. The zero-order valence-electron chi connectivity index (χ0n) is 13.5. The predicted molar refractivity (Wildman–Crippen MR) is 85.2 cm³/mol. The van der Waals surface area contributed by atoms with Crippen molar-refractivity contribution in [2.24, 2.45) is 5.92 Å². The van der Waals surface area contributed by atoms with Crippen molar-refractivity contribution in [3.05, 3.63) is 0 Å². The van der Waals surface area contributed by atoms with Gasteiger partial charge in [-0.05, 0) is 64.5 Å². The highest BCUT2D eigenvalue weighted by molar-refractivity contribution is 5.82. The van der Waals surface area contributed by atoms with Crippen molar-refractivity contribution >= 4 is 5.91 Å². The van der Waals surface area contributed by atoms with E-state index >= 15 is 0 Å². The molecule has 3 fully saturated rings. The Morgan fingerprint density at radius 2 is 2.00 bits per heavy atom. The van der Waals surface area contributed by atoms with Crippen LogP contribution in [0.4, 0.5) is 0 Å². The average molecular weight is 293 g/mol. The van der Waals surface area contributed by atoms with Crippen LogP contribution >= 0.6 is 0 Å². The summed E-state index contributed by atoms with van der Waals surface area (Å²) in [6.07, 6.45) is 8.76. The Bertz CT molecular complexity index is 354. The minimum absolute atomic E-state index is 0.109. The Balaban J connectivity index is 1.51. The summed E-state index contributed by atoms with van der Waals surface area (Å²) in [4.78, 5) is 17.4. The van der Waals surface area contributed by atoms with E-state index in [0.29, 0.717) is 11.8 Å². The van der Waals surface area contributed by atoms with E-state index in [0.717, 1.165) is 38.5 Å². The number of hydrogen-bond acceptors (Lipinski definition) is 3. The first-order chi connectivity index (χ1) is 10.2. The maximum absolute atomic E-state index is 12.6. The molecule has 3 atom stereocenters. The van der Waals surface area contributed by atoms with Gasteiger partial charge in [0.05, 0.1) is 6.04 Å². The maximum atomic E-state index is 12.6. The third-order valence-electron chi connectivity index (χ3n) is 5.62. The fourth-order valence-corrected chi connectivity index (χ4v) is 4.29. The van der Waals surface area contributed by atoms with Gasteiger partial charge in [0.2, 0.25) is 5.91 Å². The second-order valence-corrected chi connectivity index (χ2v) is 7.28. The molecule has 0 unspecified atom stereocenters. The monoisotopic (exact) mass is 293 g/mol. The summed E-state index contributed by atoms with van der Waals surface area (Å²) in [5.41, 5.74) is 0. The molecule has 3 aliphatic rings. The molecule has 0 aromatic rings. The number of hydrogen-bond donors (Lipinski definition) is 1. The van der Waals surface area contributed by atoms with Crippen LogP contribution in [0.1, 0.15) is 51.9 Å². The van der Waals surface area contributed by atoms with E-state index in [-0.39, 0.29) is 6.04 Å². The summed E-state index contributed by atoms with van der Waals surface area (Å²) in [6, 6.07) is 0.846. The predicted octanol–water partition coefficient (Wildman–Crippen LogP) is 1.85. The van der Waals surface area contributed by atoms with E-state index in [1.807, 2.05) is 0 Å². The molecular formula is C17H31N3O. The summed E-state index contributed by atoms with van der Waals surface area (Å²) in [7, 11) is 0. The Kier molecular flexibility index (Phi) is 5.17. The van der Waals surface area contributed by atoms with E-state index in [9.17, 15) is 4.79 Å². The van der Waals surface area contributed by atoms with Crippen LogP contribution in [0.15, 0.2) is 0 Å². The first-order valence-corrected chi connectivity index (χ1v) is 9.00. The summed E-state index contributed by atoms with van der Waals surface area (Å²) in [6.45, 7) is 7.80. The SMILES string of the molecule is C[C@@H]1CCCCN1C[C@@H]1CCCN(C(=O)[C@@H]2CCCN2)C1. The Morgan fingerprint density at radius 3 is 2.76 bits per heavy atom. The summed E-state index contributed by atoms with van der Waals surface area (Å²) in [5, 5.41) is 3.36. The van der Waals surface area contributed by atoms with Crippen LogP contribution in [0.3, 0.4) is 0 Å². The van der Waals surface area contributed by atoms with Gasteiger partial charge in [-0.15, -0.1) is 0 Å². The minimum Gasteiger partial charge on any atom is -0.341 e. The Labute approximate surface area is 129 Å². The summed E-state index contributed by atoms with van der Waals surface area (Å²) < 4.78 is 0. The molecule has 3 saturated heterocycles.